The predicted octanol–water partition coefficient (Wildman–Crippen LogP) is 2.19. The van der Waals surface area contributed by atoms with E-state index in [0.29, 0.717) is 16.7 Å². The van der Waals surface area contributed by atoms with Crippen LogP contribution in [-0.2, 0) is 9.59 Å². The molecule has 6 heteroatoms. The molecule has 1 aliphatic heterocycles. The van der Waals surface area contributed by atoms with Crippen molar-refractivity contribution in [2.45, 2.75) is 13.8 Å². The van der Waals surface area contributed by atoms with Crippen LogP contribution in [0.25, 0.3) is 6.08 Å². The standard InChI is InChI=1S/C14H14N2O3S/c1-3-19-11-6-4-10(5-7-11)8-12-13(18)16-14(20-12)15-9(2)17/h4-8H,3H2,1-2H3,(H,15,16,17,18)/b12-8-. The zero-order valence-electron chi connectivity index (χ0n) is 11.2. The van der Waals surface area contributed by atoms with Crippen molar-refractivity contribution in [2.75, 3.05) is 6.61 Å². The van der Waals surface area contributed by atoms with Crippen molar-refractivity contribution in [3.8, 4) is 5.75 Å². The van der Waals surface area contributed by atoms with E-state index in [4.69, 9.17) is 4.74 Å². The monoisotopic (exact) mass is 290 g/mol. The van der Waals surface area contributed by atoms with Crippen molar-refractivity contribution in [1.82, 2.24) is 5.32 Å². The molecule has 0 saturated heterocycles. The molecule has 0 atom stereocenters. The van der Waals surface area contributed by atoms with E-state index in [1.54, 1.807) is 6.08 Å². The van der Waals surface area contributed by atoms with Gasteiger partial charge in [-0.25, -0.2) is 0 Å². The first-order chi connectivity index (χ1) is 9.58. The van der Waals surface area contributed by atoms with Gasteiger partial charge in [-0.05, 0) is 42.5 Å². The Balaban J connectivity index is 2.08. The molecule has 0 aliphatic carbocycles. The van der Waals surface area contributed by atoms with E-state index >= 15 is 0 Å². The van der Waals surface area contributed by atoms with Gasteiger partial charge in [0.25, 0.3) is 5.91 Å². The molecule has 1 aromatic carbocycles. The third-order valence-electron chi connectivity index (χ3n) is 2.39. The van der Waals surface area contributed by atoms with E-state index in [9.17, 15) is 9.59 Å². The fraction of sp³-hybridized carbons (Fsp3) is 0.214. The number of carbonyl (C=O) groups excluding carboxylic acids is 2. The van der Waals surface area contributed by atoms with Gasteiger partial charge >= 0.3 is 0 Å². The lowest BCUT2D eigenvalue weighted by molar-refractivity contribution is -0.117. The lowest BCUT2D eigenvalue weighted by atomic mass is 10.2. The number of nitrogens with one attached hydrogen (secondary N) is 1. The van der Waals surface area contributed by atoms with E-state index in [1.807, 2.05) is 31.2 Å². The molecule has 5 nitrogen and oxygen atoms in total. The molecule has 0 radical (unpaired) electrons. The number of benzene rings is 1. The summed E-state index contributed by atoms with van der Waals surface area (Å²) < 4.78 is 5.35. The smallest absolute Gasteiger partial charge is 0.286 e. The van der Waals surface area contributed by atoms with E-state index in [-0.39, 0.29) is 11.8 Å². The number of amidine groups is 1. The van der Waals surface area contributed by atoms with Crippen LogP contribution in [0.5, 0.6) is 5.75 Å². The van der Waals surface area contributed by atoms with Crippen molar-refractivity contribution < 1.29 is 14.3 Å². The Morgan fingerprint density at radius 1 is 1.40 bits per heavy atom. The first-order valence-electron chi connectivity index (χ1n) is 6.11. The van der Waals surface area contributed by atoms with Crippen molar-refractivity contribution in [3.63, 3.8) is 0 Å². The number of nitrogens with zero attached hydrogens (tertiary/aromatic N) is 1. The summed E-state index contributed by atoms with van der Waals surface area (Å²) in [4.78, 5) is 26.9. The molecule has 1 N–H and O–H groups in total. The zero-order valence-corrected chi connectivity index (χ0v) is 12.0. The van der Waals surface area contributed by atoms with E-state index < -0.39 is 0 Å². The number of ether oxygens (including phenoxy) is 1. The van der Waals surface area contributed by atoms with Crippen LogP contribution in [0.3, 0.4) is 0 Å². The van der Waals surface area contributed by atoms with Crippen LogP contribution < -0.4 is 10.1 Å². The molecule has 1 aliphatic rings. The fourth-order valence-electron chi connectivity index (χ4n) is 1.59. The summed E-state index contributed by atoms with van der Waals surface area (Å²) >= 11 is 1.15. The number of carbonyl (C=O) groups is 2. The van der Waals surface area contributed by atoms with Gasteiger partial charge in [-0.15, -0.1) is 0 Å². The molecule has 1 aromatic rings. The lowest BCUT2D eigenvalue weighted by Crippen LogP contribution is -2.23. The fourth-order valence-corrected chi connectivity index (χ4v) is 2.45. The minimum atomic E-state index is -0.340. The summed E-state index contributed by atoms with van der Waals surface area (Å²) in [5.74, 6) is 0.203. The van der Waals surface area contributed by atoms with Crippen LogP contribution in [0, 0.1) is 0 Å². The second kappa shape index (κ2) is 6.38. The van der Waals surface area contributed by atoms with Gasteiger partial charge in [-0.1, -0.05) is 12.1 Å². The van der Waals surface area contributed by atoms with Crippen molar-refractivity contribution >= 4 is 34.8 Å². The number of rotatable bonds is 3. The second-order valence-corrected chi connectivity index (χ2v) is 5.05. The Morgan fingerprint density at radius 3 is 2.70 bits per heavy atom. The Kier molecular flexibility index (Phi) is 4.57. The van der Waals surface area contributed by atoms with Gasteiger partial charge < -0.3 is 10.1 Å². The summed E-state index contributed by atoms with van der Waals surface area (Å²) in [6.07, 6.45) is 1.74. The summed E-state index contributed by atoms with van der Waals surface area (Å²) in [5.41, 5.74) is 0.878. The Hall–Kier alpha value is -2.08. The summed E-state index contributed by atoms with van der Waals surface area (Å²) in [5, 5.41) is 2.83. The third kappa shape index (κ3) is 3.71. The van der Waals surface area contributed by atoms with Crippen LogP contribution in [0.4, 0.5) is 0 Å². The van der Waals surface area contributed by atoms with Gasteiger partial charge in [-0.2, -0.15) is 4.99 Å². The van der Waals surface area contributed by atoms with Gasteiger partial charge in [0.15, 0.2) is 5.17 Å². The molecular weight excluding hydrogens is 276 g/mol. The largest absolute Gasteiger partial charge is 0.494 e. The zero-order chi connectivity index (χ0) is 14.5. The molecule has 0 saturated carbocycles. The number of aliphatic imine (C=N–C) groups is 1. The first-order valence-corrected chi connectivity index (χ1v) is 6.93. The van der Waals surface area contributed by atoms with Crippen LogP contribution in [-0.4, -0.2) is 23.6 Å². The van der Waals surface area contributed by atoms with Gasteiger partial charge in [0.1, 0.15) is 5.75 Å². The molecule has 0 aromatic heterocycles. The minimum Gasteiger partial charge on any atom is -0.494 e. The van der Waals surface area contributed by atoms with Crippen LogP contribution in [0.1, 0.15) is 19.4 Å². The molecule has 2 amide bonds. The van der Waals surface area contributed by atoms with Crippen LogP contribution in [0.15, 0.2) is 34.2 Å². The normalized spacial score (nSPS) is 16.2. The molecule has 104 valence electrons. The average Bonchev–Trinajstić information content (AvgIpc) is 2.71. The second-order valence-electron chi connectivity index (χ2n) is 4.02. The Morgan fingerprint density at radius 2 is 2.10 bits per heavy atom. The number of hydrogen-bond acceptors (Lipinski definition) is 4. The summed E-state index contributed by atoms with van der Waals surface area (Å²) in [6, 6.07) is 7.41. The number of hydrogen-bond donors (Lipinski definition) is 1. The molecule has 0 unspecified atom stereocenters. The molecule has 0 fully saturated rings. The van der Waals surface area contributed by atoms with E-state index in [0.717, 1.165) is 23.1 Å². The highest BCUT2D eigenvalue weighted by Gasteiger charge is 2.22. The maximum atomic E-state index is 11.7. The predicted molar refractivity (Wildman–Crippen MR) is 79.4 cm³/mol. The highest BCUT2D eigenvalue weighted by Crippen LogP contribution is 2.27. The third-order valence-corrected chi connectivity index (χ3v) is 3.29. The molecular formula is C14H14N2O3S. The van der Waals surface area contributed by atoms with Gasteiger partial charge in [0.05, 0.1) is 11.5 Å². The highest BCUT2D eigenvalue weighted by atomic mass is 32.2. The SMILES string of the molecule is CCOc1ccc(/C=C2\SC(NC(C)=O)=NC2=O)cc1. The topological polar surface area (TPSA) is 67.8 Å². The summed E-state index contributed by atoms with van der Waals surface area (Å²) in [7, 11) is 0. The molecule has 0 spiro atoms. The van der Waals surface area contributed by atoms with Gasteiger partial charge in [-0.3, -0.25) is 9.59 Å². The van der Waals surface area contributed by atoms with Crippen molar-refractivity contribution in [1.29, 1.82) is 0 Å². The van der Waals surface area contributed by atoms with Gasteiger partial charge in [0.2, 0.25) is 5.91 Å². The maximum absolute atomic E-state index is 11.7. The van der Waals surface area contributed by atoms with E-state index in [2.05, 4.69) is 10.3 Å². The minimum absolute atomic E-state index is 0.244. The van der Waals surface area contributed by atoms with Crippen molar-refractivity contribution in [2.24, 2.45) is 4.99 Å². The van der Waals surface area contributed by atoms with E-state index in [1.165, 1.54) is 6.92 Å². The summed E-state index contributed by atoms with van der Waals surface area (Å²) in [6.45, 7) is 3.91. The average molecular weight is 290 g/mol. The molecule has 0 bridgehead atoms. The van der Waals surface area contributed by atoms with Crippen molar-refractivity contribution in [3.05, 3.63) is 34.7 Å². The quantitative estimate of drug-likeness (QED) is 0.866. The molecule has 20 heavy (non-hydrogen) atoms. The maximum Gasteiger partial charge on any atom is 0.286 e. The number of thioether (sulfide) groups is 1. The molecule has 1 heterocycles. The lowest BCUT2D eigenvalue weighted by Gasteiger charge is -2.02. The molecule has 2 rings (SSSR count). The first kappa shape index (κ1) is 14.3. The Labute approximate surface area is 121 Å². The van der Waals surface area contributed by atoms with Crippen LogP contribution >= 0.6 is 11.8 Å². The Bertz CT molecular complexity index is 591. The van der Waals surface area contributed by atoms with Gasteiger partial charge in [0, 0.05) is 6.92 Å². The highest BCUT2D eigenvalue weighted by molar-refractivity contribution is 8.18. The number of amides is 2. The van der Waals surface area contributed by atoms with Crippen LogP contribution in [0.2, 0.25) is 0 Å².